The van der Waals surface area contributed by atoms with Crippen molar-refractivity contribution in [3.05, 3.63) is 48.0 Å². The van der Waals surface area contributed by atoms with Crippen molar-refractivity contribution >= 4 is 65.0 Å². The molecule has 3 rings (SSSR count). The van der Waals surface area contributed by atoms with Crippen LogP contribution in [0.4, 0.5) is 0 Å². The van der Waals surface area contributed by atoms with Crippen LogP contribution in [-0.4, -0.2) is 238 Å². The van der Waals surface area contributed by atoms with Crippen LogP contribution in [0.1, 0.15) is 162 Å². The number of fused-ring (bicyclic) bond motifs is 1. The summed E-state index contributed by atoms with van der Waals surface area (Å²) >= 11 is 0. The van der Waals surface area contributed by atoms with Crippen LogP contribution < -0.4 is 16.0 Å². The number of hydrogen-bond donors (Lipinski definition) is 4. The highest BCUT2D eigenvalue weighted by Gasteiger charge is 2.54. The van der Waals surface area contributed by atoms with E-state index in [-0.39, 0.29) is 55.8 Å². The van der Waals surface area contributed by atoms with Crippen LogP contribution in [0.25, 0.3) is 0 Å². The predicted molar refractivity (Wildman–Crippen MR) is 357 cm³/mol. The fourth-order valence-electron chi connectivity index (χ4n) is 12.3. The molecule has 2 fully saturated rings. The van der Waals surface area contributed by atoms with E-state index in [9.17, 15) is 33.9 Å². The van der Waals surface area contributed by atoms with Crippen molar-refractivity contribution in [2.75, 3.05) is 55.9 Å². The molecule has 2 aliphatic rings. The zero-order valence-electron chi connectivity index (χ0n) is 60.3. The van der Waals surface area contributed by atoms with E-state index in [0.29, 0.717) is 5.56 Å². The summed E-state index contributed by atoms with van der Waals surface area (Å²) in [5, 5.41) is 20.9. The third kappa shape index (κ3) is 20.5. The van der Waals surface area contributed by atoms with Gasteiger partial charge in [0.1, 0.15) is 60.4 Å². The van der Waals surface area contributed by atoms with Crippen molar-refractivity contribution in [3.63, 3.8) is 0 Å². The molecule has 0 aromatic heterocycles. The van der Waals surface area contributed by atoms with Gasteiger partial charge >= 0.3 is 0 Å². The maximum absolute atomic E-state index is 16.1. The summed E-state index contributed by atoms with van der Waals surface area (Å²) in [6, 6.07) is -4.22. The van der Waals surface area contributed by atoms with Crippen molar-refractivity contribution < 1.29 is 62.6 Å². The minimum absolute atomic E-state index is 0.123. The van der Waals surface area contributed by atoms with Crippen molar-refractivity contribution in [1.29, 1.82) is 0 Å². The first-order valence-electron chi connectivity index (χ1n) is 33.2. The molecule has 1 aromatic carbocycles. The van der Waals surface area contributed by atoms with E-state index in [2.05, 4.69) is 16.0 Å². The van der Waals surface area contributed by atoms with Gasteiger partial charge in [-0.25, -0.2) is 0 Å². The second kappa shape index (κ2) is 35.5. The molecule has 2 heterocycles. The highest BCUT2D eigenvalue weighted by atomic mass is 16.5. The Bertz CT molecular complexity index is 2780. The molecule has 4 N–H and O–H groups in total. The van der Waals surface area contributed by atoms with Gasteiger partial charge in [-0.1, -0.05) is 132 Å². The fraction of sp³-hybridized carbons (Fsp3) is 0.725. The van der Waals surface area contributed by atoms with Crippen LogP contribution >= 0.6 is 0 Å². The molecular weight excluding hydrogens is 1190 g/mol. The quantitative estimate of drug-likeness (QED) is 0.174. The van der Waals surface area contributed by atoms with Crippen LogP contribution in [-0.2, 0) is 57.5 Å². The molecule has 524 valence electrons. The summed E-state index contributed by atoms with van der Waals surface area (Å²) < 4.78 is 6.56. The zero-order valence-corrected chi connectivity index (χ0v) is 60.3. The van der Waals surface area contributed by atoms with Gasteiger partial charge < -0.3 is 60.1 Å². The number of nitrogens with zero attached hydrogens (tertiary/aromatic N) is 8. The highest BCUT2D eigenvalue weighted by molar-refractivity contribution is 6.00. The number of ether oxygens (including phenoxy) is 1. The van der Waals surface area contributed by atoms with Gasteiger partial charge in [-0.15, -0.1) is 0 Å². The minimum Gasteiger partial charge on any atom is -0.390 e. The Morgan fingerprint density at radius 2 is 0.935 bits per heavy atom. The number of aliphatic hydroxyl groups is 1. The number of rotatable bonds is 15. The molecule has 14 atom stereocenters. The smallest absolute Gasteiger partial charge is 0.251 e. The Labute approximate surface area is 554 Å². The van der Waals surface area contributed by atoms with Crippen LogP contribution in [0.5, 0.6) is 0 Å². The molecule has 4 unspecified atom stereocenters. The first kappa shape index (κ1) is 80.3. The van der Waals surface area contributed by atoms with E-state index in [1.165, 1.54) is 92.6 Å². The van der Waals surface area contributed by atoms with E-state index < -0.39 is 168 Å². The molecule has 0 saturated carbocycles. The summed E-state index contributed by atoms with van der Waals surface area (Å²) in [6.07, 6.45) is 0.526. The Morgan fingerprint density at radius 1 is 0.495 bits per heavy atom. The Morgan fingerprint density at radius 3 is 1.42 bits per heavy atom. The molecule has 0 spiro atoms. The van der Waals surface area contributed by atoms with Crippen molar-refractivity contribution in [3.8, 4) is 0 Å². The van der Waals surface area contributed by atoms with Crippen LogP contribution in [0.3, 0.4) is 0 Å². The molecule has 0 bridgehead atoms. The SMILES string of the molecule is C/C=C/CC(C)C(O)[C@@H]1C(=O)N2C(c3ccccc3)OC(C)[C@H]2C(=O)N(C)CC(=O)N(C)[C@@H](CC(C)C)C(=O)N[C@@H](C(C)C)C(=O)N(C)[C@@H](CC(C)C)C(=O)N[C@@H](C)C(=O)N[C@@H](C)C(=O)N(C)[C@@H](CC(C)C)C(=O)N(C)[C@@H](CC(C)C)C(=O)N(C)[C@@H](C(C)C)C(=O)N1C. The molecule has 2 saturated heterocycles. The normalized spacial score (nSPS) is 27.9. The summed E-state index contributed by atoms with van der Waals surface area (Å²) in [4.78, 5) is 174. The number of likely N-dealkylation sites (N-methyl/N-ethyl adjacent to an activating group) is 7. The van der Waals surface area contributed by atoms with Gasteiger partial charge in [-0.05, 0) is 101 Å². The second-order valence-electron chi connectivity index (χ2n) is 28.4. The van der Waals surface area contributed by atoms with Crippen molar-refractivity contribution in [1.82, 2.24) is 55.1 Å². The number of aliphatic hydroxyl groups excluding tert-OH is 1. The Hall–Kier alpha value is -6.95. The zero-order chi connectivity index (χ0) is 71.1. The van der Waals surface area contributed by atoms with Gasteiger partial charge in [0.2, 0.25) is 59.1 Å². The first-order valence-corrected chi connectivity index (χ1v) is 33.2. The summed E-state index contributed by atoms with van der Waals surface area (Å²) in [6.45, 7) is 29.3. The van der Waals surface area contributed by atoms with Gasteiger partial charge in [0.05, 0.1) is 18.8 Å². The maximum Gasteiger partial charge on any atom is 0.251 e. The van der Waals surface area contributed by atoms with E-state index in [1.807, 2.05) is 61.5 Å². The van der Waals surface area contributed by atoms with E-state index in [1.54, 1.807) is 84.9 Å². The largest absolute Gasteiger partial charge is 0.390 e. The summed E-state index contributed by atoms with van der Waals surface area (Å²) in [5.74, 6) is -10.1. The molecule has 11 amide bonds. The van der Waals surface area contributed by atoms with Crippen molar-refractivity contribution in [2.45, 2.75) is 229 Å². The topological polar surface area (TPSA) is 279 Å². The van der Waals surface area contributed by atoms with Crippen LogP contribution in [0.15, 0.2) is 42.5 Å². The van der Waals surface area contributed by atoms with Gasteiger partial charge in [-0.2, -0.15) is 0 Å². The third-order valence-electron chi connectivity index (χ3n) is 18.0. The van der Waals surface area contributed by atoms with E-state index >= 15 is 24.0 Å². The van der Waals surface area contributed by atoms with E-state index in [4.69, 9.17) is 4.74 Å². The summed E-state index contributed by atoms with van der Waals surface area (Å²) in [5.41, 5.74) is 0.460. The molecular formula is C69H115N11O13. The number of allylic oxidation sites excluding steroid dienone is 2. The lowest BCUT2D eigenvalue weighted by Gasteiger charge is -2.43. The molecule has 24 nitrogen and oxygen atoms in total. The molecule has 24 heteroatoms. The number of carbonyl (C=O) groups is 11. The number of hydrogen-bond acceptors (Lipinski definition) is 13. The van der Waals surface area contributed by atoms with Gasteiger partial charge in [0, 0.05) is 54.9 Å². The molecule has 0 aliphatic carbocycles. The second-order valence-corrected chi connectivity index (χ2v) is 28.4. The summed E-state index contributed by atoms with van der Waals surface area (Å²) in [7, 11) is 9.96. The molecule has 93 heavy (non-hydrogen) atoms. The molecule has 0 radical (unpaired) electrons. The standard InChI is InChI=1S/C69H115N11O13/c1-25-26-30-44(14)58(82)57-68(92)80-56(47(17)93-69(80)48-31-28-27-29-32-48)66(90)73(18)37-53(81)74(19)49(33-38(2)3)61(85)72-54(42(10)11)65(89)75(20)50(34-39(4)5)60(84)70-45(15)59(83)71-46(16)62(86)76(21)51(35-40(6)7)63(87)77(22)52(36-41(8)9)64(88)78(23)55(43(12)13)67(91)79(57)24/h25-29,31-32,38-47,49-52,54-58,69,82H,30,33-37H2,1-24H3,(H,70,84)(H,71,83)(H,72,85)/b26-25+/t44?,45-,46-,47?,49-,50-,51-,52-,54-,55-,56-,57+,58?,69?/m0/s1. The maximum atomic E-state index is 16.1. The fourth-order valence-corrected chi connectivity index (χ4v) is 12.3. The van der Waals surface area contributed by atoms with Gasteiger partial charge in [-0.3, -0.25) is 57.6 Å². The molecule has 2 aliphatic heterocycles. The first-order chi connectivity index (χ1) is 43.2. The predicted octanol–water partition coefficient (Wildman–Crippen LogP) is 4.69. The lowest BCUT2D eigenvalue weighted by Crippen LogP contribution is -2.64. The van der Waals surface area contributed by atoms with E-state index in [0.717, 1.165) is 9.80 Å². The number of carbonyl (C=O) groups excluding carboxylic acids is 11. The lowest BCUT2D eigenvalue weighted by molar-refractivity contribution is -0.162. The van der Waals surface area contributed by atoms with Gasteiger partial charge in [0.25, 0.3) is 5.91 Å². The number of benzene rings is 1. The Kier molecular flexibility index (Phi) is 30.7. The Balaban J connectivity index is 2.44. The minimum atomic E-state index is -1.72. The van der Waals surface area contributed by atoms with Crippen LogP contribution in [0, 0.1) is 41.4 Å². The average molecular weight is 1310 g/mol. The third-order valence-corrected chi connectivity index (χ3v) is 18.0. The lowest BCUT2D eigenvalue weighted by atomic mass is 9.90. The number of nitrogens with one attached hydrogen (secondary N) is 3. The highest BCUT2D eigenvalue weighted by Crippen LogP contribution is 2.38. The monoisotopic (exact) mass is 1310 g/mol. The van der Waals surface area contributed by atoms with Gasteiger partial charge in [0.15, 0.2) is 6.23 Å². The average Bonchev–Trinajstić information content (AvgIpc) is 1.68. The number of amides is 11. The van der Waals surface area contributed by atoms with Crippen molar-refractivity contribution in [2.24, 2.45) is 41.4 Å². The van der Waals surface area contributed by atoms with Crippen LogP contribution in [0.2, 0.25) is 0 Å². The molecule has 1 aromatic rings.